The van der Waals surface area contributed by atoms with Crippen LogP contribution in [0.25, 0.3) is 0 Å². The highest BCUT2D eigenvalue weighted by molar-refractivity contribution is 7.98. The fourth-order valence-electron chi connectivity index (χ4n) is 1.70. The lowest BCUT2D eigenvalue weighted by molar-refractivity contribution is -0.141. The second kappa shape index (κ2) is 8.79. The second-order valence-electron chi connectivity index (χ2n) is 4.97. The molecule has 0 amide bonds. The minimum Gasteiger partial charge on any atom is -0.308 e. The number of aryl methyl sites for hydroxylation is 1. The van der Waals surface area contributed by atoms with Gasteiger partial charge in [0.1, 0.15) is 0 Å². The van der Waals surface area contributed by atoms with Gasteiger partial charge in [-0.1, -0.05) is 0 Å². The molecule has 0 saturated carbocycles. The maximum atomic E-state index is 12.5. The maximum absolute atomic E-state index is 12.5. The van der Waals surface area contributed by atoms with Gasteiger partial charge in [0.05, 0.1) is 42.9 Å². The quantitative estimate of drug-likeness (QED) is 0.331. The summed E-state index contributed by atoms with van der Waals surface area (Å²) in [7, 11) is -2.62. The van der Waals surface area contributed by atoms with Gasteiger partial charge in [-0.05, 0) is 12.3 Å². The third-order valence-electron chi connectivity index (χ3n) is 2.80. The Morgan fingerprint density at radius 1 is 1.12 bits per heavy atom. The summed E-state index contributed by atoms with van der Waals surface area (Å²) in [5, 5.41) is 4.67. The van der Waals surface area contributed by atoms with Crippen molar-refractivity contribution in [1.29, 1.82) is 0 Å². The average molecular weight is 414 g/mol. The predicted octanol–water partition coefficient (Wildman–Crippen LogP) is 4.77. The highest BCUT2D eigenvalue weighted by atomic mass is 32.2. The van der Waals surface area contributed by atoms with Crippen LogP contribution in [-0.2, 0) is 26.8 Å². The molecule has 1 aromatic rings. The van der Waals surface area contributed by atoms with Gasteiger partial charge in [-0.25, -0.2) is 0 Å². The number of rotatable bonds is 9. The largest absolute Gasteiger partial charge is 0.391 e. The molecule has 0 bridgehead atoms. The minimum atomic E-state index is -4.55. The lowest BCUT2D eigenvalue weighted by Gasteiger charge is -2.18. The van der Waals surface area contributed by atoms with E-state index in [1.165, 1.54) is 22.5 Å². The first-order valence-corrected chi connectivity index (χ1v) is 9.87. The Morgan fingerprint density at radius 2 is 1.60 bits per heavy atom. The Hall–Kier alpha value is -0.710. The van der Waals surface area contributed by atoms with Crippen LogP contribution in [0.5, 0.6) is 0 Å². The number of aromatic nitrogens is 2. The number of hydrogen-bond donors (Lipinski definition) is 0. The summed E-state index contributed by atoms with van der Waals surface area (Å²) in [4.78, 5) is 0. The number of hydrogen-bond acceptors (Lipinski definition) is 5. The van der Waals surface area contributed by atoms with Crippen LogP contribution in [0.4, 0.5) is 26.3 Å². The van der Waals surface area contributed by atoms with Crippen molar-refractivity contribution in [2.24, 2.45) is 7.05 Å². The predicted molar refractivity (Wildman–Crippen MR) is 79.5 cm³/mol. The SMILES string of the molecule is CSc1cc(CP(=O)(OCCC(F)(F)F)OCCC(F)(F)F)nn1C. The maximum Gasteiger partial charge on any atom is 0.391 e. The zero-order valence-corrected chi connectivity index (χ0v) is 15.1. The summed E-state index contributed by atoms with van der Waals surface area (Å²) < 4.78 is 96.5. The first-order chi connectivity index (χ1) is 11.3. The molecule has 25 heavy (non-hydrogen) atoms. The van der Waals surface area contributed by atoms with E-state index in [-0.39, 0.29) is 5.69 Å². The van der Waals surface area contributed by atoms with Crippen molar-refractivity contribution >= 4 is 19.4 Å². The van der Waals surface area contributed by atoms with Crippen molar-refractivity contribution in [3.05, 3.63) is 11.8 Å². The summed E-state index contributed by atoms with van der Waals surface area (Å²) >= 11 is 1.32. The highest BCUT2D eigenvalue weighted by Gasteiger charge is 2.34. The second-order valence-corrected chi connectivity index (χ2v) is 7.85. The molecule has 0 unspecified atom stereocenters. The van der Waals surface area contributed by atoms with Crippen molar-refractivity contribution in [3.63, 3.8) is 0 Å². The van der Waals surface area contributed by atoms with Crippen LogP contribution in [0.1, 0.15) is 18.5 Å². The minimum absolute atomic E-state index is 0.189. The molecule has 1 heterocycles. The molecular formula is C12H17F6N2O3PS. The molecule has 1 aromatic heterocycles. The van der Waals surface area contributed by atoms with E-state index in [4.69, 9.17) is 9.05 Å². The Labute approximate surface area is 144 Å². The topological polar surface area (TPSA) is 53.4 Å². The number of thioether (sulfide) groups is 1. The van der Waals surface area contributed by atoms with E-state index in [9.17, 15) is 30.9 Å². The standard InChI is InChI=1S/C12H17F6N2O3PS/c1-20-10(25-2)7-9(19-20)8-24(21,22-5-3-11(13,14)15)23-6-4-12(16,17)18/h7H,3-6,8H2,1-2H3. The van der Waals surface area contributed by atoms with E-state index in [0.29, 0.717) is 5.03 Å². The first kappa shape index (κ1) is 22.3. The Balaban J connectivity index is 2.79. The Kier molecular flexibility index (Phi) is 7.85. The van der Waals surface area contributed by atoms with Crippen molar-refractivity contribution in [2.75, 3.05) is 19.5 Å². The third-order valence-corrected chi connectivity index (χ3v) is 5.46. The Bertz CT molecular complexity index is 581. The van der Waals surface area contributed by atoms with Gasteiger partial charge in [-0.15, -0.1) is 11.8 Å². The van der Waals surface area contributed by atoms with Gasteiger partial charge in [0.15, 0.2) is 0 Å². The molecule has 5 nitrogen and oxygen atoms in total. The smallest absolute Gasteiger partial charge is 0.308 e. The molecule has 0 radical (unpaired) electrons. The molecule has 0 saturated heterocycles. The molecular weight excluding hydrogens is 397 g/mol. The lowest BCUT2D eigenvalue weighted by atomic mass is 10.5. The summed E-state index contributed by atoms with van der Waals surface area (Å²) in [6.07, 6.45) is -10.6. The van der Waals surface area contributed by atoms with Crippen LogP contribution in [0.2, 0.25) is 0 Å². The molecule has 0 N–H and O–H groups in total. The summed E-state index contributed by atoms with van der Waals surface area (Å²) in [5.74, 6) is 0. The molecule has 1 rings (SSSR count). The molecule has 13 heteroatoms. The first-order valence-electron chi connectivity index (χ1n) is 6.92. The molecule has 0 aliphatic heterocycles. The van der Waals surface area contributed by atoms with Crippen LogP contribution in [0, 0.1) is 0 Å². The fourth-order valence-corrected chi connectivity index (χ4v) is 3.81. The van der Waals surface area contributed by atoms with Crippen molar-refractivity contribution in [1.82, 2.24) is 9.78 Å². The Morgan fingerprint density at radius 3 is 1.96 bits per heavy atom. The molecule has 0 spiro atoms. The van der Waals surface area contributed by atoms with E-state index in [1.54, 1.807) is 13.3 Å². The molecule has 0 aromatic carbocycles. The van der Waals surface area contributed by atoms with Gasteiger partial charge in [0, 0.05) is 7.05 Å². The number of nitrogens with zero attached hydrogens (tertiary/aromatic N) is 2. The number of halogens is 6. The van der Waals surface area contributed by atoms with Gasteiger partial charge in [-0.2, -0.15) is 31.4 Å². The number of alkyl halides is 6. The molecule has 0 aliphatic rings. The fraction of sp³-hybridized carbons (Fsp3) is 0.750. The average Bonchev–Trinajstić information content (AvgIpc) is 2.75. The molecule has 146 valence electrons. The summed E-state index contributed by atoms with van der Waals surface area (Å²) in [6.45, 7) is -1.95. The normalized spacial score (nSPS) is 13.4. The van der Waals surface area contributed by atoms with E-state index < -0.39 is 52.2 Å². The highest BCUT2D eigenvalue weighted by Crippen LogP contribution is 2.52. The van der Waals surface area contributed by atoms with Crippen molar-refractivity contribution in [2.45, 2.75) is 36.4 Å². The van der Waals surface area contributed by atoms with Crippen LogP contribution in [-0.4, -0.2) is 41.6 Å². The summed E-state index contributed by atoms with van der Waals surface area (Å²) in [6, 6.07) is 1.51. The van der Waals surface area contributed by atoms with Crippen LogP contribution >= 0.6 is 19.4 Å². The molecule has 0 atom stereocenters. The van der Waals surface area contributed by atoms with Crippen LogP contribution in [0.3, 0.4) is 0 Å². The van der Waals surface area contributed by atoms with Gasteiger partial charge < -0.3 is 9.05 Å². The van der Waals surface area contributed by atoms with Crippen molar-refractivity contribution in [3.8, 4) is 0 Å². The lowest BCUT2D eigenvalue weighted by Crippen LogP contribution is -2.14. The molecule has 0 aliphatic carbocycles. The van der Waals surface area contributed by atoms with E-state index >= 15 is 0 Å². The van der Waals surface area contributed by atoms with Gasteiger partial charge in [0.2, 0.25) is 0 Å². The van der Waals surface area contributed by atoms with Gasteiger partial charge in [0.25, 0.3) is 0 Å². The van der Waals surface area contributed by atoms with Gasteiger partial charge >= 0.3 is 19.9 Å². The zero-order chi connectivity index (χ0) is 19.3. The van der Waals surface area contributed by atoms with E-state index in [1.807, 2.05) is 0 Å². The monoisotopic (exact) mass is 414 g/mol. The molecule has 0 fully saturated rings. The van der Waals surface area contributed by atoms with Crippen molar-refractivity contribution < 1.29 is 40.0 Å². The van der Waals surface area contributed by atoms with Gasteiger partial charge in [-0.3, -0.25) is 9.25 Å². The van der Waals surface area contributed by atoms with E-state index in [0.717, 1.165) is 0 Å². The third kappa shape index (κ3) is 8.98. The summed E-state index contributed by atoms with van der Waals surface area (Å²) in [5.41, 5.74) is 0.189. The van der Waals surface area contributed by atoms with E-state index in [2.05, 4.69) is 5.10 Å². The van der Waals surface area contributed by atoms with Crippen LogP contribution < -0.4 is 0 Å². The van der Waals surface area contributed by atoms with Crippen LogP contribution in [0.15, 0.2) is 11.1 Å². The zero-order valence-electron chi connectivity index (χ0n) is 13.4.